The summed E-state index contributed by atoms with van der Waals surface area (Å²) in [5, 5.41) is 16.2. The standard InChI is InChI=1S/C22H23N3O5S.C13H18N2O4.C9H7NO2S.ClH/c1-3-29-21(27)17(25-22(28)30-13-15-7-5-4-6-8-15)12-24-20(26)18-11-16-19(31-18)14(2)9-10-23-16;1-2-18-12(16)11(8-14)15-13(17)19-9-10-6-4-3-5-7-10;1-5-2-3-10-6-4-7(9(11)12)13-8(5)6;/h4-11,17H,3,12-13H2,1-2H3,(H,24,26)(H,25,28);3-7,11H,2,8-9,14H2,1H3,(H,15,17);2-4H,1H3,(H,11,12);1H/t17-;11-;;/m11../s1. The number of alkyl carbamates (subject to hydrolysis) is 2. The van der Waals surface area contributed by atoms with Gasteiger partial charge in [-0.25, -0.2) is 24.0 Å². The minimum Gasteiger partial charge on any atom is -0.477 e. The zero-order valence-corrected chi connectivity index (χ0v) is 37.8. The van der Waals surface area contributed by atoms with Crippen LogP contribution in [0.3, 0.4) is 0 Å². The van der Waals surface area contributed by atoms with Crippen molar-refractivity contribution in [1.82, 2.24) is 25.9 Å². The normalized spacial score (nSPS) is 11.1. The first-order chi connectivity index (χ1) is 30.3. The van der Waals surface area contributed by atoms with Crippen LogP contribution in [0.5, 0.6) is 0 Å². The summed E-state index contributed by atoms with van der Waals surface area (Å²) in [6, 6.07) is 23.5. The summed E-state index contributed by atoms with van der Waals surface area (Å²) in [6.45, 7) is 7.62. The number of pyridine rings is 2. The Balaban J connectivity index is 0.000000280. The van der Waals surface area contributed by atoms with Crippen LogP contribution in [0.15, 0.2) is 97.3 Å². The van der Waals surface area contributed by atoms with Crippen LogP contribution in [0.2, 0.25) is 0 Å². The van der Waals surface area contributed by atoms with Gasteiger partial charge in [0.2, 0.25) is 0 Å². The molecule has 0 bridgehead atoms. The number of hydrogen-bond donors (Lipinski definition) is 5. The number of nitrogens with zero attached hydrogens (tertiary/aromatic N) is 2. The van der Waals surface area contributed by atoms with Crippen molar-refractivity contribution in [3.63, 3.8) is 0 Å². The molecule has 6 aromatic rings. The molecule has 3 amide bonds. The maximum absolute atomic E-state index is 12.6. The van der Waals surface area contributed by atoms with E-state index >= 15 is 0 Å². The first kappa shape index (κ1) is 51.7. The summed E-state index contributed by atoms with van der Waals surface area (Å²) in [5.41, 5.74) is 10.7. The third-order valence-corrected chi connectivity index (χ3v) is 11.0. The van der Waals surface area contributed by atoms with Crippen LogP contribution in [0.25, 0.3) is 20.4 Å². The maximum Gasteiger partial charge on any atom is 0.408 e. The van der Waals surface area contributed by atoms with Crippen LogP contribution in [0, 0.1) is 13.8 Å². The van der Waals surface area contributed by atoms with Crippen molar-refractivity contribution in [1.29, 1.82) is 0 Å². The Morgan fingerprint density at radius 3 is 1.53 bits per heavy atom. The molecule has 2 aromatic carbocycles. The second kappa shape index (κ2) is 26.7. The van der Waals surface area contributed by atoms with Gasteiger partial charge in [0.25, 0.3) is 5.91 Å². The number of nitrogens with one attached hydrogen (secondary N) is 3. The lowest BCUT2D eigenvalue weighted by molar-refractivity contribution is -0.146. The molecule has 6 N–H and O–H groups in total. The molecule has 20 heteroatoms. The number of ether oxygens (including phenoxy) is 4. The molecule has 0 saturated carbocycles. The third-order valence-electron chi connectivity index (χ3n) is 8.51. The molecular weight excluding hydrogens is 888 g/mol. The van der Waals surface area contributed by atoms with Gasteiger partial charge in [-0.15, -0.1) is 35.1 Å². The number of aryl methyl sites for hydroxylation is 2. The quantitative estimate of drug-likeness (QED) is 0.0530. The van der Waals surface area contributed by atoms with Crippen molar-refractivity contribution >= 4 is 91.5 Å². The lowest BCUT2D eigenvalue weighted by Gasteiger charge is -2.17. The zero-order valence-electron chi connectivity index (χ0n) is 35.4. The van der Waals surface area contributed by atoms with Crippen LogP contribution in [0.1, 0.15) is 55.4 Å². The molecule has 4 heterocycles. The summed E-state index contributed by atoms with van der Waals surface area (Å²) in [6.07, 6.45) is 1.90. The van der Waals surface area contributed by atoms with E-state index in [1.54, 1.807) is 38.4 Å². The molecule has 0 aliphatic carbocycles. The fourth-order valence-corrected chi connectivity index (χ4v) is 7.26. The summed E-state index contributed by atoms with van der Waals surface area (Å²) in [7, 11) is 0. The number of benzene rings is 2. The summed E-state index contributed by atoms with van der Waals surface area (Å²) in [5.74, 6) is -2.48. The minimum atomic E-state index is -1.08. The molecule has 0 aliphatic heterocycles. The number of aromatic carboxylic acids is 1. The summed E-state index contributed by atoms with van der Waals surface area (Å²) < 4.78 is 21.8. The number of thiophene rings is 2. The highest BCUT2D eigenvalue weighted by molar-refractivity contribution is 7.21. The molecule has 0 spiro atoms. The average Bonchev–Trinajstić information content (AvgIpc) is 3.94. The molecule has 2 atom stereocenters. The van der Waals surface area contributed by atoms with Crippen LogP contribution in [-0.2, 0) is 41.8 Å². The lowest BCUT2D eigenvalue weighted by Crippen LogP contribution is -2.49. The van der Waals surface area contributed by atoms with Crippen molar-refractivity contribution in [3.8, 4) is 0 Å². The Labute approximate surface area is 383 Å². The number of aromatic nitrogens is 2. The van der Waals surface area contributed by atoms with E-state index in [9.17, 15) is 28.8 Å². The predicted octanol–water partition coefficient (Wildman–Crippen LogP) is 6.72. The number of esters is 2. The maximum atomic E-state index is 12.6. The lowest BCUT2D eigenvalue weighted by atomic mass is 10.2. The first-order valence-corrected chi connectivity index (χ1v) is 21.2. The van der Waals surface area contributed by atoms with E-state index in [4.69, 9.17) is 29.8 Å². The Hall–Kier alpha value is -6.67. The minimum absolute atomic E-state index is 0. The molecular formula is C44H49ClN6O11S2. The topological polar surface area (TPSA) is 247 Å². The van der Waals surface area contributed by atoms with E-state index in [-0.39, 0.29) is 57.8 Å². The zero-order chi connectivity index (χ0) is 45.7. The number of carboxylic acid groups (broad SMARTS) is 1. The third kappa shape index (κ3) is 16.2. The van der Waals surface area contributed by atoms with Gasteiger partial charge in [-0.3, -0.25) is 14.8 Å². The predicted molar refractivity (Wildman–Crippen MR) is 245 cm³/mol. The van der Waals surface area contributed by atoms with Crippen LogP contribution in [0.4, 0.5) is 9.59 Å². The Bertz CT molecular complexity index is 2470. The molecule has 6 rings (SSSR count). The van der Waals surface area contributed by atoms with Gasteiger partial charge in [0.15, 0.2) is 0 Å². The first-order valence-electron chi connectivity index (χ1n) is 19.5. The molecule has 340 valence electrons. The number of carbonyl (C=O) groups is 6. The van der Waals surface area contributed by atoms with Crippen molar-refractivity contribution in [3.05, 3.63) is 129 Å². The van der Waals surface area contributed by atoms with Gasteiger partial charge in [-0.2, -0.15) is 0 Å². The largest absolute Gasteiger partial charge is 0.477 e. The number of rotatable bonds is 15. The van der Waals surface area contributed by atoms with Crippen molar-refractivity contribution in [2.75, 3.05) is 26.3 Å². The number of hydrogen-bond acceptors (Lipinski definition) is 15. The van der Waals surface area contributed by atoms with Gasteiger partial charge < -0.3 is 45.7 Å². The van der Waals surface area contributed by atoms with Crippen LogP contribution >= 0.6 is 35.1 Å². The number of nitrogens with two attached hydrogens (primary N) is 1. The fourth-order valence-electron chi connectivity index (χ4n) is 5.34. The molecule has 0 radical (unpaired) electrons. The van der Waals surface area contributed by atoms with Crippen LogP contribution < -0.4 is 21.7 Å². The van der Waals surface area contributed by atoms with E-state index in [1.807, 2.05) is 86.6 Å². The molecule has 0 aliphatic rings. The van der Waals surface area contributed by atoms with Gasteiger partial charge in [-0.05, 0) is 74.2 Å². The Morgan fingerprint density at radius 1 is 0.656 bits per heavy atom. The fraction of sp³-hybridized carbons (Fsp3) is 0.273. The van der Waals surface area contributed by atoms with Crippen molar-refractivity contribution in [2.45, 2.75) is 53.0 Å². The van der Waals surface area contributed by atoms with Gasteiger partial charge in [0, 0.05) is 25.5 Å². The second-order valence-electron chi connectivity index (χ2n) is 13.2. The average molecular weight is 937 g/mol. The number of carboxylic acids is 1. The molecule has 0 fully saturated rings. The molecule has 17 nitrogen and oxygen atoms in total. The molecule has 0 saturated heterocycles. The highest BCUT2D eigenvalue weighted by atomic mass is 35.5. The number of carbonyl (C=O) groups excluding carboxylic acids is 5. The SMILES string of the molecule is CCOC(=O)[C@@H](CN)NC(=O)OCc1ccccc1.CCOC(=O)[C@@H](CNC(=O)c1cc2nccc(C)c2s1)NC(=O)OCc1ccccc1.Cc1ccnc2cc(C(=O)O)sc12.Cl. The van der Waals surface area contributed by atoms with Gasteiger partial charge in [0.05, 0.1) is 38.5 Å². The van der Waals surface area contributed by atoms with E-state index in [0.717, 1.165) is 42.7 Å². The number of amides is 3. The monoisotopic (exact) mass is 936 g/mol. The molecule has 0 unspecified atom stereocenters. The van der Waals surface area contributed by atoms with Crippen LogP contribution in [-0.4, -0.2) is 89.5 Å². The summed E-state index contributed by atoms with van der Waals surface area (Å²) in [4.78, 5) is 79.7. The van der Waals surface area contributed by atoms with Crippen molar-refractivity contribution in [2.24, 2.45) is 5.73 Å². The van der Waals surface area contributed by atoms with E-state index in [1.165, 1.54) is 22.7 Å². The van der Waals surface area contributed by atoms with Gasteiger partial charge in [0.1, 0.15) is 30.2 Å². The van der Waals surface area contributed by atoms with E-state index in [2.05, 4.69) is 25.9 Å². The summed E-state index contributed by atoms with van der Waals surface area (Å²) >= 11 is 2.59. The number of halogens is 1. The highest BCUT2D eigenvalue weighted by Gasteiger charge is 2.25. The molecule has 64 heavy (non-hydrogen) atoms. The van der Waals surface area contributed by atoms with E-state index < -0.39 is 42.2 Å². The van der Waals surface area contributed by atoms with E-state index in [0.29, 0.717) is 9.75 Å². The van der Waals surface area contributed by atoms with Crippen molar-refractivity contribution < 1.29 is 52.8 Å². The second-order valence-corrected chi connectivity index (χ2v) is 15.3. The number of fused-ring (bicyclic) bond motifs is 2. The highest BCUT2D eigenvalue weighted by Crippen LogP contribution is 2.27. The van der Waals surface area contributed by atoms with Gasteiger partial charge in [-0.1, -0.05) is 60.7 Å². The Kier molecular flexibility index (Phi) is 21.6. The van der Waals surface area contributed by atoms with Gasteiger partial charge >= 0.3 is 30.1 Å². The smallest absolute Gasteiger partial charge is 0.408 e. The molecule has 4 aromatic heterocycles. The Morgan fingerprint density at radius 2 is 1.09 bits per heavy atom.